The summed E-state index contributed by atoms with van der Waals surface area (Å²) in [5.74, 6) is 0.274. The third kappa shape index (κ3) is 5.18. The molecular weight excluding hydrogens is 414 g/mol. The van der Waals surface area contributed by atoms with Gasteiger partial charge in [-0.3, -0.25) is 5.43 Å². The van der Waals surface area contributed by atoms with Gasteiger partial charge in [-0.2, -0.15) is 5.10 Å². The number of ether oxygens (including phenoxy) is 2. The first-order valence-electron chi connectivity index (χ1n) is 9.55. The number of hydrazone groups is 1. The lowest BCUT2D eigenvalue weighted by Gasteiger charge is -2.10. The topological polar surface area (TPSA) is 86.0 Å². The molecule has 0 saturated heterocycles. The molecule has 0 radical (unpaired) electrons. The Morgan fingerprint density at radius 3 is 2.81 bits per heavy atom. The van der Waals surface area contributed by atoms with E-state index in [-0.39, 0.29) is 5.76 Å². The number of hydrogen-bond acceptors (Lipinski definition) is 8. The van der Waals surface area contributed by atoms with E-state index in [9.17, 15) is 4.79 Å². The number of furan rings is 1. The monoisotopic (exact) mass is 433 g/mol. The quantitative estimate of drug-likeness (QED) is 0.172. The Hall–Kier alpha value is -3.91. The molecule has 156 valence electrons. The van der Waals surface area contributed by atoms with Crippen LogP contribution in [0.2, 0.25) is 0 Å². The van der Waals surface area contributed by atoms with Crippen LogP contribution in [0.3, 0.4) is 0 Å². The van der Waals surface area contributed by atoms with Crippen LogP contribution in [0.4, 0.5) is 5.13 Å². The number of benzene rings is 2. The van der Waals surface area contributed by atoms with Gasteiger partial charge in [0.05, 0.1) is 24.8 Å². The third-order valence-corrected chi connectivity index (χ3v) is 4.89. The highest BCUT2D eigenvalue weighted by Crippen LogP contribution is 2.29. The maximum absolute atomic E-state index is 12.1. The van der Waals surface area contributed by atoms with Crippen LogP contribution in [0, 0.1) is 0 Å². The molecule has 1 N–H and O–H groups in total. The first-order valence-corrected chi connectivity index (χ1v) is 10.4. The standard InChI is InChI=1S/C23H19N3O4S/c1-2-28-21-13-16(10-11-19(21)30-22(27)20-9-6-12-29-20)14-24-26-23-25-18(15-31-23)17-7-4-3-5-8-17/h3-15H,2H2,1H3,(H,25,26). The van der Waals surface area contributed by atoms with E-state index in [0.29, 0.717) is 23.2 Å². The van der Waals surface area contributed by atoms with Crippen molar-refractivity contribution >= 4 is 28.7 Å². The van der Waals surface area contributed by atoms with Gasteiger partial charge in [-0.1, -0.05) is 30.3 Å². The molecule has 0 fully saturated rings. The molecular formula is C23H19N3O4S. The summed E-state index contributed by atoms with van der Waals surface area (Å²) in [4.78, 5) is 16.7. The van der Waals surface area contributed by atoms with Gasteiger partial charge in [0.2, 0.25) is 10.9 Å². The van der Waals surface area contributed by atoms with Gasteiger partial charge in [-0.15, -0.1) is 11.3 Å². The van der Waals surface area contributed by atoms with Gasteiger partial charge in [0.15, 0.2) is 11.5 Å². The Morgan fingerprint density at radius 1 is 1.16 bits per heavy atom. The van der Waals surface area contributed by atoms with Gasteiger partial charge in [0.1, 0.15) is 0 Å². The molecule has 0 spiro atoms. The Labute approximate surface area is 183 Å². The maximum Gasteiger partial charge on any atom is 0.379 e. The van der Waals surface area contributed by atoms with Crippen LogP contribution in [0.1, 0.15) is 23.0 Å². The number of carbonyl (C=O) groups is 1. The molecule has 0 amide bonds. The number of esters is 1. The third-order valence-electron chi connectivity index (χ3n) is 4.14. The molecule has 0 atom stereocenters. The number of nitrogens with one attached hydrogen (secondary N) is 1. The van der Waals surface area contributed by atoms with Gasteiger partial charge in [-0.05, 0) is 42.8 Å². The second-order valence-corrected chi connectivity index (χ2v) is 7.14. The fourth-order valence-corrected chi connectivity index (χ4v) is 3.40. The average Bonchev–Trinajstić information content (AvgIpc) is 3.49. The van der Waals surface area contributed by atoms with Crippen LogP contribution in [0.5, 0.6) is 11.5 Å². The maximum atomic E-state index is 12.1. The summed E-state index contributed by atoms with van der Waals surface area (Å²) in [6.07, 6.45) is 3.06. The summed E-state index contributed by atoms with van der Waals surface area (Å²) in [6, 6.07) is 18.3. The van der Waals surface area contributed by atoms with E-state index in [2.05, 4.69) is 15.5 Å². The van der Waals surface area contributed by atoms with E-state index in [0.717, 1.165) is 16.8 Å². The number of anilines is 1. The number of aromatic nitrogens is 1. The van der Waals surface area contributed by atoms with Crippen LogP contribution in [0.15, 0.2) is 81.8 Å². The number of nitrogens with zero attached hydrogens (tertiary/aromatic N) is 2. The number of rotatable bonds is 8. The highest BCUT2D eigenvalue weighted by molar-refractivity contribution is 7.14. The van der Waals surface area contributed by atoms with Gasteiger partial charge < -0.3 is 13.9 Å². The number of hydrogen-bond donors (Lipinski definition) is 1. The second kappa shape index (κ2) is 9.73. The van der Waals surface area contributed by atoms with E-state index in [1.807, 2.05) is 42.6 Å². The summed E-state index contributed by atoms with van der Waals surface area (Å²) in [7, 11) is 0. The number of carbonyl (C=O) groups excluding carboxylic acids is 1. The molecule has 4 aromatic rings. The second-order valence-electron chi connectivity index (χ2n) is 6.28. The molecule has 0 aliphatic rings. The van der Waals surface area contributed by atoms with Gasteiger partial charge in [-0.25, -0.2) is 9.78 Å². The Morgan fingerprint density at radius 2 is 2.03 bits per heavy atom. The molecule has 31 heavy (non-hydrogen) atoms. The van der Waals surface area contributed by atoms with E-state index in [1.54, 1.807) is 30.5 Å². The molecule has 7 nitrogen and oxygen atoms in total. The van der Waals surface area contributed by atoms with Crippen molar-refractivity contribution in [2.75, 3.05) is 12.0 Å². The van der Waals surface area contributed by atoms with Crippen molar-refractivity contribution in [3.63, 3.8) is 0 Å². The predicted molar refractivity (Wildman–Crippen MR) is 120 cm³/mol. The SMILES string of the molecule is CCOc1cc(C=NNc2nc(-c3ccccc3)cs2)ccc1OC(=O)c1ccco1. The molecule has 2 aromatic heterocycles. The van der Waals surface area contributed by atoms with E-state index < -0.39 is 5.97 Å². The van der Waals surface area contributed by atoms with Gasteiger partial charge in [0, 0.05) is 10.9 Å². The fraction of sp³-hybridized carbons (Fsp3) is 0.0870. The minimum Gasteiger partial charge on any atom is -0.490 e. The summed E-state index contributed by atoms with van der Waals surface area (Å²) < 4.78 is 16.1. The van der Waals surface area contributed by atoms with E-state index in [4.69, 9.17) is 13.9 Å². The minimum atomic E-state index is -0.591. The first-order chi connectivity index (χ1) is 15.2. The highest BCUT2D eigenvalue weighted by Gasteiger charge is 2.15. The predicted octanol–water partition coefficient (Wildman–Crippen LogP) is 5.47. The zero-order chi connectivity index (χ0) is 21.5. The Balaban J connectivity index is 1.43. The first kappa shape index (κ1) is 20.4. The Bertz CT molecular complexity index is 1170. The minimum absolute atomic E-state index is 0.121. The van der Waals surface area contributed by atoms with Crippen LogP contribution in [0.25, 0.3) is 11.3 Å². The van der Waals surface area contributed by atoms with E-state index >= 15 is 0 Å². The highest BCUT2D eigenvalue weighted by atomic mass is 32.1. The summed E-state index contributed by atoms with van der Waals surface area (Å²) in [6.45, 7) is 2.28. The molecule has 4 rings (SSSR count). The molecule has 0 unspecified atom stereocenters. The lowest BCUT2D eigenvalue weighted by molar-refractivity contribution is 0.0695. The lowest BCUT2D eigenvalue weighted by Crippen LogP contribution is -2.09. The van der Waals surface area contributed by atoms with Crippen molar-refractivity contribution in [3.05, 3.63) is 83.6 Å². The molecule has 0 bridgehead atoms. The summed E-state index contributed by atoms with van der Waals surface area (Å²) in [5, 5.41) is 6.91. The summed E-state index contributed by atoms with van der Waals surface area (Å²) >= 11 is 1.47. The van der Waals surface area contributed by atoms with Crippen molar-refractivity contribution < 1.29 is 18.7 Å². The van der Waals surface area contributed by atoms with Crippen molar-refractivity contribution in [1.82, 2.24) is 4.98 Å². The van der Waals surface area contributed by atoms with Gasteiger partial charge in [0.25, 0.3) is 0 Å². The zero-order valence-electron chi connectivity index (χ0n) is 16.6. The van der Waals surface area contributed by atoms with Crippen molar-refractivity contribution in [3.8, 4) is 22.8 Å². The van der Waals surface area contributed by atoms with E-state index in [1.165, 1.54) is 23.7 Å². The molecule has 0 aliphatic heterocycles. The molecule has 2 aromatic carbocycles. The Kier molecular flexibility index (Phi) is 6.39. The van der Waals surface area contributed by atoms with Crippen LogP contribution >= 0.6 is 11.3 Å². The van der Waals surface area contributed by atoms with Crippen molar-refractivity contribution in [1.29, 1.82) is 0 Å². The normalized spacial score (nSPS) is 10.9. The zero-order valence-corrected chi connectivity index (χ0v) is 17.5. The van der Waals surface area contributed by atoms with Crippen molar-refractivity contribution in [2.24, 2.45) is 5.10 Å². The van der Waals surface area contributed by atoms with Crippen LogP contribution in [-0.2, 0) is 0 Å². The molecule has 0 saturated carbocycles. The molecule has 8 heteroatoms. The van der Waals surface area contributed by atoms with Crippen LogP contribution < -0.4 is 14.9 Å². The largest absolute Gasteiger partial charge is 0.490 e. The smallest absolute Gasteiger partial charge is 0.379 e. The van der Waals surface area contributed by atoms with Crippen LogP contribution in [-0.4, -0.2) is 23.8 Å². The number of thiazole rings is 1. The lowest BCUT2D eigenvalue weighted by atomic mass is 10.2. The summed E-state index contributed by atoms with van der Waals surface area (Å²) in [5.41, 5.74) is 5.66. The average molecular weight is 433 g/mol. The fourth-order valence-electron chi connectivity index (χ4n) is 2.73. The van der Waals surface area contributed by atoms with Crippen molar-refractivity contribution in [2.45, 2.75) is 6.92 Å². The molecule has 0 aliphatic carbocycles. The molecule has 2 heterocycles. The van der Waals surface area contributed by atoms with Gasteiger partial charge >= 0.3 is 5.97 Å².